The SMILES string of the molecule is CC1(C)S[C@@H]2[C@H](N)C(=O)N2[C@@]1(NC(=O)OCC(Cl)(Cl)Cl)C(=O)O. The van der Waals surface area contributed by atoms with Crippen molar-refractivity contribution in [1.29, 1.82) is 0 Å². The number of alkyl carbamates (subject to hydrolysis) is 1. The van der Waals surface area contributed by atoms with Gasteiger partial charge in [0.05, 0.1) is 4.75 Å². The van der Waals surface area contributed by atoms with Crippen molar-refractivity contribution in [3.63, 3.8) is 0 Å². The van der Waals surface area contributed by atoms with E-state index < -0.39 is 50.2 Å². The van der Waals surface area contributed by atoms with Gasteiger partial charge >= 0.3 is 12.1 Å². The number of carbonyl (C=O) groups excluding carboxylic acids is 2. The van der Waals surface area contributed by atoms with Gasteiger partial charge in [0, 0.05) is 0 Å². The number of nitrogens with zero attached hydrogens (tertiary/aromatic N) is 1. The lowest BCUT2D eigenvalue weighted by Crippen LogP contribution is -2.79. The Kier molecular flexibility index (Phi) is 4.67. The molecule has 2 aliphatic heterocycles. The molecule has 0 saturated carbocycles. The Morgan fingerprint density at radius 1 is 1.48 bits per heavy atom. The minimum Gasteiger partial charge on any atom is -0.478 e. The Morgan fingerprint density at radius 2 is 2.04 bits per heavy atom. The summed E-state index contributed by atoms with van der Waals surface area (Å²) in [6, 6.07) is -0.820. The molecule has 0 spiro atoms. The van der Waals surface area contributed by atoms with E-state index in [0.29, 0.717) is 0 Å². The molecule has 0 bridgehead atoms. The highest BCUT2D eigenvalue weighted by Gasteiger charge is 2.73. The Labute approximate surface area is 150 Å². The lowest BCUT2D eigenvalue weighted by molar-refractivity contribution is -0.172. The number of nitrogens with two attached hydrogens (primary N) is 1. The Balaban J connectivity index is 2.27. The van der Waals surface area contributed by atoms with Crippen LogP contribution in [0.3, 0.4) is 0 Å². The number of aliphatic carboxylic acids is 1. The highest BCUT2D eigenvalue weighted by Crippen LogP contribution is 2.55. The predicted octanol–water partition coefficient (Wildman–Crippen LogP) is 0.885. The number of hydrogen-bond acceptors (Lipinski definition) is 6. The minimum absolute atomic E-state index is 0.554. The number of ether oxygens (including phenoxy) is 1. The molecule has 2 rings (SSSR count). The fourth-order valence-corrected chi connectivity index (χ4v) is 4.41. The Bertz CT molecular complexity index is 570. The summed E-state index contributed by atoms with van der Waals surface area (Å²) in [5.41, 5.74) is 3.68. The van der Waals surface area contributed by atoms with Gasteiger partial charge in [-0.1, -0.05) is 34.8 Å². The van der Waals surface area contributed by atoms with Gasteiger partial charge in [0.25, 0.3) is 0 Å². The van der Waals surface area contributed by atoms with Crippen molar-refractivity contribution in [1.82, 2.24) is 10.2 Å². The number of carboxylic acids is 1. The standard InChI is InChI=1S/C11H14Cl3N3O5S/c1-9(2)11(7(19)20,16-8(21)22-3-10(12,13)14)17-5(18)4(15)6(17)23-9/h4,6H,3,15H2,1-2H3,(H,16,21)(H,19,20)/t4-,6-,11+/m1/s1. The number of β-lactam (4-membered cyclic amide) rings is 1. The van der Waals surface area contributed by atoms with Crippen LogP contribution in [0.25, 0.3) is 0 Å². The molecule has 4 N–H and O–H groups in total. The summed E-state index contributed by atoms with van der Waals surface area (Å²) >= 11 is 17.6. The highest BCUT2D eigenvalue weighted by molar-refractivity contribution is 8.01. The number of alkyl halides is 3. The zero-order valence-electron chi connectivity index (χ0n) is 12.0. The van der Waals surface area contributed by atoms with Gasteiger partial charge < -0.3 is 15.6 Å². The van der Waals surface area contributed by atoms with Crippen molar-refractivity contribution in [3.05, 3.63) is 0 Å². The monoisotopic (exact) mass is 405 g/mol. The molecule has 2 amide bonds. The van der Waals surface area contributed by atoms with Crippen LogP contribution < -0.4 is 11.1 Å². The summed E-state index contributed by atoms with van der Waals surface area (Å²) in [4.78, 5) is 36.9. The van der Waals surface area contributed by atoms with Crippen LogP contribution in [0.5, 0.6) is 0 Å². The zero-order valence-corrected chi connectivity index (χ0v) is 15.1. The van der Waals surface area contributed by atoms with Gasteiger partial charge in [-0.15, -0.1) is 11.8 Å². The normalized spacial score (nSPS) is 32.1. The van der Waals surface area contributed by atoms with E-state index in [4.69, 9.17) is 45.3 Å². The molecule has 130 valence electrons. The fraction of sp³-hybridized carbons (Fsp3) is 0.727. The number of nitrogens with one attached hydrogen (secondary N) is 1. The summed E-state index contributed by atoms with van der Waals surface area (Å²) in [6.45, 7) is 2.59. The molecule has 3 atom stereocenters. The molecule has 0 aliphatic carbocycles. The van der Waals surface area contributed by atoms with Gasteiger partial charge in [0.1, 0.15) is 18.0 Å². The van der Waals surface area contributed by atoms with Crippen LogP contribution in [0.15, 0.2) is 0 Å². The van der Waals surface area contributed by atoms with Crippen LogP contribution in [0.2, 0.25) is 0 Å². The maximum Gasteiger partial charge on any atom is 0.409 e. The lowest BCUT2D eigenvalue weighted by Gasteiger charge is -2.48. The molecule has 2 aliphatic rings. The lowest BCUT2D eigenvalue weighted by atomic mass is 9.89. The van der Waals surface area contributed by atoms with Crippen LogP contribution in [0.4, 0.5) is 4.79 Å². The predicted molar refractivity (Wildman–Crippen MR) is 85.4 cm³/mol. The van der Waals surface area contributed by atoms with Gasteiger partial charge in [-0.25, -0.2) is 9.59 Å². The summed E-state index contributed by atoms with van der Waals surface area (Å²) in [7, 11) is 0. The number of hydrogen-bond donors (Lipinski definition) is 3. The van der Waals surface area contributed by atoms with E-state index in [9.17, 15) is 19.5 Å². The van der Waals surface area contributed by atoms with Gasteiger partial charge in [0.2, 0.25) is 15.4 Å². The molecule has 0 aromatic heterocycles. The summed E-state index contributed by atoms with van der Waals surface area (Å²) < 4.78 is 1.81. The molecule has 23 heavy (non-hydrogen) atoms. The number of fused-ring (bicyclic) bond motifs is 1. The third-order valence-electron chi connectivity index (χ3n) is 3.69. The molecular formula is C11H14Cl3N3O5S. The Hall–Kier alpha value is -0.610. The third kappa shape index (κ3) is 2.93. The van der Waals surface area contributed by atoms with Crippen LogP contribution in [-0.4, -0.2) is 60.2 Å². The van der Waals surface area contributed by atoms with Crippen LogP contribution >= 0.6 is 46.6 Å². The fourth-order valence-electron chi connectivity index (χ4n) is 2.60. The second-order valence-corrected chi connectivity index (χ2v) is 9.84. The highest BCUT2D eigenvalue weighted by atomic mass is 35.6. The van der Waals surface area contributed by atoms with E-state index in [1.165, 1.54) is 11.8 Å². The smallest absolute Gasteiger partial charge is 0.409 e. The first-order valence-electron chi connectivity index (χ1n) is 6.35. The quantitative estimate of drug-likeness (QED) is 0.470. The van der Waals surface area contributed by atoms with Crippen LogP contribution in [0.1, 0.15) is 13.8 Å². The van der Waals surface area contributed by atoms with Gasteiger partial charge in [-0.2, -0.15) is 0 Å². The molecular weight excluding hydrogens is 393 g/mol. The van der Waals surface area contributed by atoms with Gasteiger partial charge in [-0.3, -0.25) is 15.0 Å². The van der Waals surface area contributed by atoms with Crippen molar-refractivity contribution in [2.75, 3.05) is 6.61 Å². The van der Waals surface area contributed by atoms with Crippen molar-refractivity contribution in [2.45, 2.75) is 39.5 Å². The van der Waals surface area contributed by atoms with Crippen LogP contribution in [-0.2, 0) is 14.3 Å². The summed E-state index contributed by atoms with van der Waals surface area (Å²) in [5.74, 6) is -1.99. The van der Waals surface area contributed by atoms with Crippen molar-refractivity contribution >= 4 is 64.5 Å². The molecule has 2 saturated heterocycles. The first-order chi connectivity index (χ1) is 10.3. The number of thioether (sulfide) groups is 1. The van der Waals surface area contributed by atoms with E-state index in [1.807, 2.05) is 0 Å². The van der Waals surface area contributed by atoms with E-state index in [-0.39, 0.29) is 0 Å². The second kappa shape index (κ2) is 5.73. The maximum absolute atomic E-state index is 12.0. The van der Waals surface area contributed by atoms with Crippen LogP contribution in [0, 0.1) is 0 Å². The molecule has 2 heterocycles. The van der Waals surface area contributed by atoms with Gasteiger partial charge in [-0.05, 0) is 13.8 Å². The number of carbonyl (C=O) groups is 3. The molecule has 0 radical (unpaired) electrons. The molecule has 2 fully saturated rings. The van der Waals surface area contributed by atoms with E-state index in [2.05, 4.69) is 5.32 Å². The molecule has 8 nitrogen and oxygen atoms in total. The third-order valence-corrected chi connectivity index (χ3v) is 5.65. The maximum atomic E-state index is 12.0. The average Bonchev–Trinajstić information content (AvgIpc) is 2.62. The molecule has 0 aromatic rings. The minimum atomic E-state index is -2.01. The average molecular weight is 407 g/mol. The Morgan fingerprint density at radius 3 is 2.52 bits per heavy atom. The summed E-state index contributed by atoms with van der Waals surface area (Å²) in [6.07, 6.45) is -1.12. The van der Waals surface area contributed by atoms with Crippen molar-refractivity contribution in [3.8, 4) is 0 Å². The largest absolute Gasteiger partial charge is 0.478 e. The molecule has 12 heteroatoms. The van der Waals surface area contributed by atoms with E-state index >= 15 is 0 Å². The second-order valence-electron chi connectivity index (χ2n) is 5.58. The van der Waals surface area contributed by atoms with E-state index in [1.54, 1.807) is 13.8 Å². The number of rotatable bonds is 3. The van der Waals surface area contributed by atoms with Crippen molar-refractivity contribution in [2.24, 2.45) is 5.73 Å². The van der Waals surface area contributed by atoms with E-state index in [0.717, 1.165) is 4.90 Å². The zero-order chi connectivity index (χ0) is 17.8. The van der Waals surface area contributed by atoms with Gasteiger partial charge in [0.15, 0.2) is 0 Å². The first kappa shape index (κ1) is 18.7. The molecule has 0 aromatic carbocycles. The number of amides is 2. The molecule has 0 unspecified atom stereocenters. The topological polar surface area (TPSA) is 122 Å². The summed E-state index contributed by atoms with van der Waals surface area (Å²) in [5, 5.41) is 11.4. The number of carboxylic acid groups (broad SMARTS) is 1. The first-order valence-corrected chi connectivity index (χ1v) is 8.36. The number of halogens is 3. The van der Waals surface area contributed by atoms with Crippen molar-refractivity contribution < 1.29 is 24.2 Å².